The molecule has 2 aromatic carbocycles. The van der Waals surface area contributed by atoms with E-state index in [2.05, 4.69) is 42.3 Å². The van der Waals surface area contributed by atoms with Gasteiger partial charge < -0.3 is 15.0 Å². The molecule has 0 atom stereocenters. The lowest BCUT2D eigenvalue weighted by atomic mass is 10.2. The highest BCUT2D eigenvalue weighted by Gasteiger charge is 2.07. The van der Waals surface area contributed by atoms with Gasteiger partial charge in [-0.2, -0.15) is 0 Å². The van der Waals surface area contributed by atoms with E-state index in [9.17, 15) is 14.9 Å². The molecule has 0 aliphatic rings. The SMILES string of the molecule is CCN(CCNC(=O)CCOc1ccc([N+](=O)[O-])cc1)c1cccc(C)c1. The van der Waals surface area contributed by atoms with Gasteiger partial charge in [-0.05, 0) is 43.7 Å². The number of hydrogen-bond donors (Lipinski definition) is 1. The Kier molecular flexibility index (Phi) is 7.61. The van der Waals surface area contributed by atoms with Gasteiger partial charge in [0.25, 0.3) is 5.69 Å². The highest BCUT2D eigenvalue weighted by molar-refractivity contribution is 5.76. The van der Waals surface area contributed by atoms with E-state index in [4.69, 9.17) is 4.74 Å². The highest BCUT2D eigenvalue weighted by atomic mass is 16.6. The summed E-state index contributed by atoms with van der Waals surface area (Å²) < 4.78 is 5.45. The van der Waals surface area contributed by atoms with Crippen LogP contribution < -0.4 is 15.0 Å². The lowest BCUT2D eigenvalue weighted by molar-refractivity contribution is -0.384. The van der Waals surface area contributed by atoms with Crippen LogP contribution in [0.5, 0.6) is 5.75 Å². The number of nitro groups is 1. The largest absolute Gasteiger partial charge is 0.493 e. The van der Waals surface area contributed by atoms with E-state index >= 15 is 0 Å². The van der Waals surface area contributed by atoms with E-state index in [1.54, 1.807) is 0 Å². The molecule has 2 aromatic rings. The van der Waals surface area contributed by atoms with Crippen molar-refractivity contribution in [1.29, 1.82) is 0 Å². The van der Waals surface area contributed by atoms with Crippen LogP contribution >= 0.6 is 0 Å². The Morgan fingerprint density at radius 2 is 1.96 bits per heavy atom. The first-order valence-corrected chi connectivity index (χ1v) is 8.95. The van der Waals surface area contributed by atoms with Crippen LogP contribution in [0, 0.1) is 17.0 Å². The van der Waals surface area contributed by atoms with E-state index in [-0.39, 0.29) is 24.6 Å². The van der Waals surface area contributed by atoms with Crippen LogP contribution in [0.25, 0.3) is 0 Å². The van der Waals surface area contributed by atoms with Gasteiger partial charge in [-0.3, -0.25) is 14.9 Å². The van der Waals surface area contributed by atoms with Crippen LogP contribution in [0.4, 0.5) is 11.4 Å². The van der Waals surface area contributed by atoms with Crippen molar-refractivity contribution in [2.45, 2.75) is 20.3 Å². The number of amides is 1. The normalized spacial score (nSPS) is 10.3. The fourth-order valence-corrected chi connectivity index (χ4v) is 2.64. The number of ether oxygens (including phenoxy) is 1. The maximum absolute atomic E-state index is 11.9. The minimum Gasteiger partial charge on any atom is -0.493 e. The fraction of sp³-hybridized carbons (Fsp3) is 0.350. The van der Waals surface area contributed by atoms with Crippen molar-refractivity contribution >= 4 is 17.3 Å². The van der Waals surface area contributed by atoms with Crippen molar-refractivity contribution < 1.29 is 14.5 Å². The summed E-state index contributed by atoms with van der Waals surface area (Å²) in [6.07, 6.45) is 0.230. The lowest BCUT2D eigenvalue weighted by Gasteiger charge is -2.23. The molecule has 2 rings (SSSR count). The Balaban J connectivity index is 1.69. The Labute approximate surface area is 159 Å². The van der Waals surface area contributed by atoms with Crippen LogP contribution in [0.15, 0.2) is 48.5 Å². The fourth-order valence-electron chi connectivity index (χ4n) is 2.64. The van der Waals surface area contributed by atoms with Gasteiger partial charge in [0.2, 0.25) is 5.91 Å². The van der Waals surface area contributed by atoms with E-state index in [0.717, 1.165) is 18.8 Å². The van der Waals surface area contributed by atoms with E-state index in [0.29, 0.717) is 12.3 Å². The third kappa shape index (κ3) is 6.62. The molecule has 0 bridgehead atoms. The molecule has 0 radical (unpaired) electrons. The summed E-state index contributed by atoms with van der Waals surface area (Å²) in [6, 6.07) is 14.1. The van der Waals surface area contributed by atoms with Gasteiger partial charge in [0.15, 0.2) is 0 Å². The Bertz CT molecular complexity index is 762. The molecule has 1 amide bonds. The third-order valence-corrected chi connectivity index (χ3v) is 4.10. The molecule has 0 unspecified atom stereocenters. The number of carbonyl (C=O) groups excluding carboxylic acids is 1. The zero-order chi connectivity index (χ0) is 19.6. The lowest BCUT2D eigenvalue weighted by Crippen LogP contribution is -2.35. The summed E-state index contributed by atoms with van der Waals surface area (Å²) in [6.45, 7) is 6.51. The number of nitrogens with zero attached hydrogens (tertiary/aromatic N) is 2. The predicted molar refractivity (Wildman–Crippen MR) is 105 cm³/mol. The second-order valence-corrected chi connectivity index (χ2v) is 6.12. The summed E-state index contributed by atoms with van der Waals surface area (Å²) in [5.41, 5.74) is 2.36. The van der Waals surface area contributed by atoms with Gasteiger partial charge in [0.05, 0.1) is 18.0 Å². The molecule has 0 aromatic heterocycles. The quantitative estimate of drug-likeness (QED) is 0.512. The predicted octanol–water partition coefficient (Wildman–Crippen LogP) is 3.31. The summed E-state index contributed by atoms with van der Waals surface area (Å²) in [5.74, 6) is 0.419. The van der Waals surface area contributed by atoms with Crippen LogP contribution in [0.3, 0.4) is 0 Å². The van der Waals surface area contributed by atoms with Gasteiger partial charge in [-0.15, -0.1) is 0 Å². The number of aryl methyl sites for hydroxylation is 1. The molecule has 0 heterocycles. The number of anilines is 1. The van der Waals surface area contributed by atoms with Crippen molar-refractivity contribution in [2.75, 3.05) is 31.1 Å². The number of carbonyl (C=O) groups is 1. The first-order valence-electron chi connectivity index (χ1n) is 8.95. The highest BCUT2D eigenvalue weighted by Crippen LogP contribution is 2.17. The summed E-state index contributed by atoms with van der Waals surface area (Å²) >= 11 is 0. The van der Waals surface area contributed by atoms with Gasteiger partial charge >= 0.3 is 0 Å². The van der Waals surface area contributed by atoms with Crippen LogP contribution in [-0.4, -0.2) is 37.1 Å². The Morgan fingerprint density at radius 3 is 2.59 bits per heavy atom. The first kappa shape index (κ1) is 20.2. The average Bonchev–Trinajstić information content (AvgIpc) is 2.65. The number of hydrogen-bond acceptors (Lipinski definition) is 5. The molecule has 0 saturated heterocycles. The van der Waals surface area contributed by atoms with Crippen LogP contribution in [0.1, 0.15) is 18.9 Å². The summed E-state index contributed by atoms with van der Waals surface area (Å²) in [4.78, 5) is 24.3. The number of nitrogens with one attached hydrogen (secondary N) is 1. The summed E-state index contributed by atoms with van der Waals surface area (Å²) in [7, 11) is 0. The number of nitro benzene ring substituents is 1. The molecule has 1 N–H and O–H groups in total. The molecule has 0 saturated carbocycles. The van der Waals surface area contributed by atoms with Crippen molar-refractivity contribution in [3.05, 3.63) is 64.2 Å². The van der Waals surface area contributed by atoms with Crippen molar-refractivity contribution in [2.24, 2.45) is 0 Å². The zero-order valence-electron chi connectivity index (χ0n) is 15.7. The number of rotatable bonds is 10. The summed E-state index contributed by atoms with van der Waals surface area (Å²) in [5, 5.41) is 13.5. The molecular formula is C20H25N3O4. The van der Waals surface area contributed by atoms with Crippen molar-refractivity contribution in [3.8, 4) is 5.75 Å². The number of non-ortho nitro benzene ring substituents is 1. The maximum atomic E-state index is 11.9. The number of benzene rings is 2. The van der Waals surface area contributed by atoms with Crippen LogP contribution in [0.2, 0.25) is 0 Å². The van der Waals surface area contributed by atoms with Gasteiger partial charge in [-0.25, -0.2) is 0 Å². The molecule has 0 aliphatic carbocycles. The molecule has 7 heteroatoms. The number of likely N-dealkylation sites (N-methyl/N-ethyl adjacent to an activating group) is 1. The van der Waals surface area contributed by atoms with E-state index in [1.807, 2.05) is 6.07 Å². The first-order chi connectivity index (χ1) is 13.0. The standard InChI is InChI=1S/C20H25N3O4/c1-3-22(18-6-4-5-16(2)15-18)13-12-21-20(24)11-14-27-19-9-7-17(8-10-19)23(25)26/h4-10,15H,3,11-14H2,1-2H3,(H,21,24). The molecule has 0 fully saturated rings. The van der Waals surface area contributed by atoms with Crippen LogP contribution in [-0.2, 0) is 4.79 Å². The molecule has 0 aliphatic heterocycles. The average molecular weight is 371 g/mol. The molecule has 7 nitrogen and oxygen atoms in total. The van der Waals surface area contributed by atoms with E-state index < -0.39 is 4.92 Å². The van der Waals surface area contributed by atoms with E-state index in [1.165, 1.54) is 29.8 Å². The second-order valence-electron chi connectivity index (χ2n) is 6.12. The van der Waals surface area contributed by atoms with Crippen molar-refractivity contribution in [1.82, 2.24) is 5.32 Å². The zero-order valence-corrected chi connectivity index (χ0v) is 15.7. The maximum Gasteiger partial charge on any atom is 0.269 e. The molecule has 144 valence electrons. The van der Waals surface area contributed by atoms with Gasteiger partial charge in [0.1, 0.15) is 5.75 Å². The Hall–Kier alpha value is -3.09. The third-order valence-electron chi connectivity index (χ3n) is 4.10. The topological polar surface area (TPSA) is 84.7 Å². The monoisotopic (exact) mass is 371 g/mol. The minimum absolute atomic E-state index is 0.00850. The van der Waals surface area contributed by atoms with Gasteiger partial charge in [0, 0.05) is 37.5 Å². The second kappa shape index (κ2) is 10.2. The molecule has 0 spiro atoms. The molecular weight excluding hydrogens is 346 g/mol. The van der Waals surface area contributed by atoms with Crippen molar-refractivity contribution in [3.63, 3.8) is 0 Å². The minimum atomic E-state index is -0.465. The molecule has 27 heavy (non-hydrogen) atoms. The smallest absolute Gasteiger partial charge is 0.269 e. The van der Waals surface area contributed by atoms with Gasteiger partial charge in [-0.1, -0.05) is 12.1 Å². The Morgan fingerprint density at radius 1 is 1.22 bits per heavy atom.